The van der Waals surface area contributed by atoms with E-state index in [2.05, 4.69) is 38.1 Å². The van der Waals surface area contributed by atoms with E-state index in [0.717, 1.165) is 21.1 Å². The van der Waals surface area contributed by atoms with Crippen LogP contribution in [0.5, 0.6) is 0 Å². The molecule has 0 unspecified atom stereocenters. The number of hydrogen-bond donors (Lipinski definition) is 2. The molecule has 0 spiro atoms. The highest BCUT2D eigenvalue weighted by molar-refractivity contribution is 9.10. The van der Waals surface area contributed by atoms with Gasteiger partial charge in [-0.1, -0.05) is 22.9 Å². The first-order chi connectivity index (χ1) is 10.1. The molecule has 0 atom stereocenters. The molecule has 0 radical (unpaired) electrons. The molecule has 3 N–H and O–H groups in total. The molecule has 0 aliphatic heterocycles. The van der Waals surface area contributed by atoms with Crippen LogP contribution in [0.3, 0.4) is 0 Å². The average molecular weight is 367 g/mol. The van der Waals surface area contributed by atoms with Crippen LogP contribution in [0.25, 0.3) is 10.2 Å². The van der Waals surface area contributed by atoms with Gasteiger partial charge in [0.05, 0.1) is 11.1 Å². The Labute approximate surface area is 133 Å². The molecule has 3 rings (SSSR count). The zero-order valence-corrected chi connectivity index (χ0v) is 13.6. The quantitative estimate of drug-likeness (QED) is 0.716. The summed E-state index contributed by atoms with van der Waals surface area (Å²) in [4.78, 5) is 10.4. The van der Waals surface area contributed by atoms with Gasteiger partial charge in [-0.15, -0.1) is 11.3 Å². The number of halogens is 2. The van der Waals surface area contributed by atoms with Crippen LogP contribution in [0.15, 0.2) is 28.7 Å². The summed E-state index contributed by atoms with van der Waals surface area (Å²) in [5, 5.41) is 3.86. The summed E-state index contributed by atoms with van der Waals surface area (Å²) in [5.41, 5.74) is 6.08. The lowest BCUT2D eigenvalue weighted by atomic mass is 10.2. The van der Waals surface area contributed by atoms with E-state index in [0.29, 0.717) is 11.5 Å². The smallest absolute Gasteiger partial charge is 0.223 e. The maximum absolute atomic E-state index is 13.9. The number of thiophene rings is 1. The largest absolute Gasteiger partial charge is 0.368 e. The molecule has 4 nitrogen and oxygen atoms in total. The summed E-state index contributed by atoms with van der Waals surface area (Å²) in [6, 6.07) is 6.70. The highest BCUT2D eigenvalue weighted by Crippen LogP contribution is 2.32. The van der Waals surface area contributed by atoms with Crippen molar-refractivity contribution in [2.24, 2.45) is 0 Å². The monoisotopic (exact) mass is 366 g/mol. The van der Waals surface area contributed by atoms with Crippen molar-refractivity contribution in [3.8, 4) is 0 Å². The molecule has 21 heavy (non-hydrogen) atoms. The second kappa shape index (κ2) is 5.57. The maximum Gasteiger partial charge on any atom is 0.223 e. The Morgan fingerprint density at radius 2 is 2.14 bits per heavy atom. The van der Waals surface area contributed by atoms with Crippen LogP contribution < -0.4 is 11.1 Å². The highest BCUT2D eigenvalue weighted by atomic mass is 79.9. The molecule has 3 aromatic rings. The van der Waals surface area contributed by atoms with E-state index < -0.39 is 0 Å². The Hall–Kier alpha value is -1.73. The van der Waals surface area contributed by atoms with Gasteiger partial charge < -0.3 is 11.1 Å². The molecule has 2 aromatic heterocycles. The van der Waals surface area contributed by atoms with E-state index in [4.69, 9.17) is 5.73 Å². The van der Waals surface area contributed by atoms with Gasteiger partial charge in [-0.2, -0.15) is 4.98 Å². The van der Waals surface area contributed by atoms with Gasteiger partial charge in [-0.25, -0.2) is 9.37 Å². The molecule has 0 saturated carbocycles. The molecule has 0 amide bonds. The molecule has 0 aliphatic carbocycles. The number of rotatable bonds is 3. The Morgan fingerprint density at radius 3 is 2.90 bits per heavy atom. The van der Waals surface area contributed by atoms with Crippen LogP contribution in [0.1, 0.15) is 11.8 Å². The van der Waals surface area contributed by atoms with Gasteiger partial charge in [0.1, 0.15) is 16.5 Å². The summed E-state index contributed by atoms with van der Waals surface area (Å²) < 4.78 is 14.7. The number of aromatic nitrogens is 2. The number of nitrogens with zero attached hydrogens (tertiary/aromatic N) is 2. The highest BCUT2D eigenvalue weighted by Gasteiger charge is 2.12. The van der Waals surface area contributed by atoms with E-state index in [1.54, 1.807) is 23.5 Å². The van der Waals surface area contributed by atoms with Crippen LogP contribution in [-0.2, 0) is 6.42 Å². The fraction of sp³-hybridized carbons (Fsp3) is 0.143. The number of nitrogens with two attached hydrogens (primary N) is 1. The minimum absolute atomic E-state index is 0.171. The third kappa shape index (κ3) is 2.84. The lowest BCUT2D eigenvalue weighted by Gasteiger charge is -2.08. The number of benzene rings is 1. The Morgan fingerprint density at radius 1 is 1.33 bits per heavy atom. The predicted octanol–water partition coefficient (Wildman–Crippen LogP) is 4.48. The molecule has 0 aliphatic rings. The topological polar surface area (TPSA) is 63.8 Å². The number of fused-ring (bicyclic) bond motifs is 1. The number of hydrogen-bond acceptors (Lipinski definition) is 5. The minimum Gasteiger partial charge on any atom is -0.368 e. The van der Waals surface area contributed by atoms with Crippen LogP contribution in [0, 0.1) is 5.82 Å². The van der Waals surface area contributed by atoms with E-state index in [1.807, 2.05) is 6.07 Å². The van der Waals surface area contributed by atoms with Crippen LogP contribution in [-0.4, -0.2) is 9.97 Å². The Bertz CT molecular complexity index is 818. The van der Waals surface area contributed by atoms with Crippen LogP contribution in [0.4, 0.5) is 21.8 Å². The third-order valence-electron chi connectivity index (χ3n) is 2.99. The lowest BCUT2D eigenvalue weighted by Crippen LogP contribution is -2.01. The summed E-state index contributed by atoms with van der Waals surface area (Å²) in [5.74, 6) is 0.338. The van der Waals surface area contributed by atoms with Gasteiger partial charge in [0.15, 0.2) is 0 Å². The summed E-state index contributed by atoms with van der Waals surface area (Å²) in [6.07, 6.45) is 0.908. The minimum atomic E-state index is -0.352. The Balaban J connectivity index is 2.11. The zero-order chi connectivity index (χ0) is 15.0. The first kappa shape index (κ1) is 14.2. The van der Waals surface area contributed by atoms with Crippen molar-refractivity contribution in [3.63, 3.8) is 0 Å². The van der Waals surface area contributed by atoms with Gasteiger partial charge in [-0.05, 0) is 30.7 Å². The first-order valence-corrected chi connectivity index (χ1v) is 7.95. The molecule has 2 heterocycles. The maximum atomic E-state index is 13.9. The third-order valence-corrected chi connectivity index (χ3v) is 4.66. The number of aryl methyl sites for hydroxylation is 1. The van der Waals surface area contributed by atoms with E-state index >= 15 is 0 Å². The van der Waals surface area contributed by atoms with Gasteiger partial charge in [0.2, 0.25) is 5.95 Å². The van der Waals surface area contributed by atoms with E-state index in [1.165, 1.54) is 10.9 Å². The van der Waals surface area contributed by atoms with Gasteiger partial charge in [0.25, 0.3) is 0 Å². The molecular formula is C14H12BrFN4S. The van der Waals surface area contributed by atoms with Gasteiger partial charge >= 0.3 is 0 Å². The van der Waals surface area contributed by atoms with Crippen molar-refractivity contribution in [2.45, 2.75) is 13.3 Å². The van der Waals surface area contributed by atoms with Gasteiger partial charge in [-0.3, -0.25) is 0 Å². The molecule has 0 fully saturated rings. The fourth-order valence-electron chi connectivity index (χ4n) is 1.98. The van der Waals surface area contributed by atoms with E-state index in [-0.39, 0.29) is 11.8 Å². The van der Waals surface area contributed by atoms with Gasteiger partial charge in [0, 0.05) is 9.35 Å². The summed E-state index contributed by atoms with van der Waals surface area (Å²) >= 11 is 4.90. The second-order valence-electron chi connectivity index (χ2n) is 4.46. The Kier molecular flexibility index (Phi) is 3.77. The normalized spacial score (nSPS) is 11.0. The van der Waals surface area contributed by atoms with E-state index in [9.17, 15) is 4.39 Å². The molecule has 108 valence electrons. The SMILES string of the molecule is CCc1cc2c(Nc3cc(Br)ccc3F)nc(N)nc2s1. The van der Waals surface area contributed by atoms with Crippen molar-refractivity contribution in [2.75, 3.05) is 11.1 Å². The van der Waals surface area contributed by atoms with Crippen molar-refractivity contribution in [1.29, 1.82) is 0 Å². The number of anilines is 3. The summed E-state index contributed by atoms with van der Waals surface area (Å²) in [6.45, 7) is 2.07. The van der Waals surface area contributed by atoms with Crippen molar-refractivity contribution in [3.05, 3.63) is 39.4 Å². The molecule has 0 saturated heterocycles. The molecule has 7 heteroatoms. The number of nitrogens with one attached hydrogen (secondary N) is 1. The predicted molar refractivity (Wildman–Crippen MR) is 88.6 cm³/mol. The average Bonchev–Trinajstić information content (AvgIpc) is 2.86. The lowest BCUT2D eigenvalue weighted by molar-refractivity contribution is 0.631. The molecular weight excluding hydrogens is 355 g/mol. The van der Waals surface area contributed by atoms with Crippen LogP contribution >= 0.6 is 27.3 Å². The zero-order valence-electron chi connectivity index (χ0n) is 11.2. The second-order valence-corrected chi connectivity index (χ2v) is 6.50. The summed E-state index contributed by atoms with van der Waals surface area (Å²) in [7, 11) is 0. The molecule has 0 bridgehead atoms. The van der Waals surface area contributed by atoms with Crippen LogP contribution in [0.2, 0.25) is 0 Å². The fourth-order valence-corrected chi connectivity index (χ4v) is 3.31. The van der Waals surface area contributed by atoms with Crippen molar-refractivity contribution in [1.82, 2.24) is 9.97 Å². The van der Waals surface area contributed by atoms with Crippen molar-refractivity contribution >= 4 is 54.9 Å². The van der Waals surface area contributed by atoms with Crippen molar-refractivity contribution < 1.29 is 4.39 Å². The molecule has 1 aromatic carbocycles. The first-order valence-electron chi connectivity index (χ1n) is 6.35. The number of nitrogen functional groups attached to an aromatic ring is 1. The standard InChI is InChI=1S/C14H12BrFN4S/c1-2-8-6-9-12(19-14(17)20-13(9)21-8)18-11-5-7(15)3-4-10(11)16/h3-6H,2H2,1H3,(H3,17,18,19,20).